The number of unbranched alkanes of at least 4 members (excludes halogenated alkanes) is 19. The Balaban J connectivity index is 3.49. The van der Waals surface area contributed by atoms with Crippen LogP contribution in [-0.4, -0.2) is 3.79 Å². The van der Waals surface area contributed by atoms with Gasteiger partial charge in [-0.3, -0.25) is 0 Å². The molecule has 182 valence electrons. The molecule has 0 aromatic rings. The molecule has 0 aliphatic heterocycles. The van der Waals surface area contributed by atoms with Gasteiger partial charge in [-0.15, -0.1) is 0 Å². The normalized spacial score (nSPS) is 13.1. The molecular formula is C27H53Cl3. The molecule has 0 aromatic carbocycles. The smallest absolute Gasteiger partial charge is 0.0834 e. The van der Waals surface area contributed by atoms with E-state index in [-0.39, 0.29) is 5.92 Å². The second kappa shape index (κ2) is 23.0. The molecule has 3 heteroatoms. The highest BCUT2D eigenvalue weighted by Gasteiger charge is 2.31. The van der Waals surface area contributed by atoms with Crippen LogP contribution >= 0.6 is 34.8 Å². The van der Waals surface area contributed by atoms with Gasteiger partial charge in [-0.2, -0.15) is 0 Å². The van der Waals surface area contributed by atoms with Crippen LogP contribution in [0.5, 0.6) is 0 Å². The van der Waals surface area contributed by atoms with Gasteiger partial charge in [0, 0.05) is 5.92 Å². The van der Waals surface area contributed by atoms with Gasteiger partial charge < -0.3 is 0 Å². The van der Waals surface area contributed by atoms with Gasteiger partial charge in [-0.05, 0) is 12.8 Å². The molecule has 1 atom stereocenters. The van der Waals surface area contributed by atoms with Crippen molar-refractivity contribution < 1.29 is 0 Å². The lowest BCUT2D eigenvalue weighted by Crippen LogP contribution is -2.19. The van der Waals surface area contributed by atoms with Gasteiger partial charge >= 0.3 is 0 Å². The van der Waals surface area contributed by atoms with E-state index < -0.39 is 3.79 Å². The van der Waals surface area contributed by atoms with Gasteiger partial charge in [-0.1, -0.05) is 183 Å². The Morgan fingerprint density at radius 3 is 0.867 bits per heavy atom. The van der Waals surface area contributed by atoms with E-state index in [1.165, 1.54) is 135 Å². The molecule has 0 saturated carbocycles. The Hall–Kier alpha value is 0.870. The van der Waals surface area contributed by atoms with Gasteiger partial charge in [0.2, 0.25) is 0 Å². The molecule has 0 aliphatic carbocycles. The van der Waals surface area contributed by atoms with Gasteiger partial charge in [0.1, 0.15) is 0 Å². The highest BCUT2D eigenvalue weighted by molar-refractivity contribution is 6.67. The zero-order valence-electron chi connectivity index (χ0n) is 20.5. The maximum absolute atomic E-state index is 6.26. The molecule has 0 spiro atoms. The van der Waals surface area contributed by atoms with Crippen LogP contribution in [0.15, 0.2) is 0 Å². The van der Waals surface area contributed by atoms with E-state index in [1.54, 1.807) is 0 Å². The number of rotatable bonds is 23. The zero-order chi connectivity index (χ0) is 22.3. The van der Waals surface area contributed by atoms with Crippen LogP contribution in [0, 0.1) is 5.92 Å². The van der Waals surface area contributed by atoms with Crippen LogP contribution in [0.4, 0.5) is 0 Å². The molecule has 0 radical (unpaired) electrons. The summed E-state index contributed by atoms with van der Waals surface area (Å²) >= 11 is 18.8. The summed E-state index contributed by atoms with van der Waals surface area (Å²) in [5.41, 5.74) is 0. The van der Waals surface area contributed by atoms with Crippen molar-refractivity contribution in [2.75, 3.05) is 0 Å². The molecule has 1 unspecified atom stereocenters. The molecular weight excluding hydrogens is 431 g/mol. The highest BCUT2D eigenvalue weighted by atomic mass is 35.6. The van der Waals surface area contributed by atoms with Crippen LogP contribution < -0.4 is 0 Å². The zero-order valence-corrected chi connectivity index (χ0v) is 22.7. The lowest BCUT2D eigenvalue weighted by atomic mass is 9.95. The Labute approximate surface area is 205 Å². The molecule has 0 aliphatic rings. The second-order valence-electron chi connectivity index (χ2n) is 9.53. The van der Waals surface area contributed by atoms with Crippen LogP contribution in [0.3, 0.4) is 0 Å². The summed E-state index contributed by atoms with van der Waals surface area (Å²) in [4.78, 5) is 0. The van der Waals surface area contributed by atoms with Gasteiger partial charge in [-0.25, -0.2) is 0 Å². The summed E-state index contributed by atoms with van der Waals surface area (Å²) in [5, 5.41) is 0. The molecule has 0 amide bonds. The summed E-state index contributed by atoms with van der Waals surface area (Å²) in [6.07, 6.45) is 30.9. The van der Waals surface area contributed by atoms with Crippen molar-refractivity contribution >= 4 is 34.8 Å². The Bertz CT molecular complexity index is 325. The van der Waals surface area contributed by atoms with Gasteiger partial charge in [0.15, 0.2) is 3.79 Å². The Morgan fingerprint density at radius 2 is 0.633 bits per heavy atom. The lowest BCUT2D eigenvalue weighted by molar-refractivity contribution is 0.407. The number of halogens is 3. The maximum atomic E-state index is 6.26. The van der Waals surface area contributed by atoms with Crippen molar-refractivity contribution in [1.29, 1.82) is 0 Å². The lowest BCUT2D eigenvalue weighted by Gasteiger charge is -2.24. The minimum absolute atomic E-state index is 0.232. The first kappa shape index (κ1) is 30.9. The number of alkyl halides is 3. The van der Waals surface area contributed by atoms with E-state index in [1.807, 2.05) is 0 Å². The molecule has 0 fully saturated rings. The minimum Gasteiger partial charge on any atom is -0.0834 e. The van der Waals surface area contributed by atoms with Crippen LogP contribution in [0.1, 0.15) is 162 Å². The minimum atomic E-state index is -1.08. The highest BCUT2D eigenvalue weighted by Crippen LogP contribution is 2.41. The molecule has 30 heavy (non-hydrogen) atoms. The van der Waals surface area contributed by atoms with E-state index in [4.69, 9.17) is 34.8 Å². The molecule has 0 heterocycles. The summed E-state index contributed by atoms with van der Waals surface area (Å²) in [7, 11) is 0. The van der Waals surface area contributed by atoms with E-state index in [0.29, 0.717) is 0 Å². The molecule has 0 bridgehead atoms. The average molecular weight is 484 g/mol. The second-order valence-corrected chi connectivity index (χ2v) is 11.9. The summed E-state index contributed by atoms with van der Waals surface area (Å²) in [6, 6.07) is 0. The molecule has 0 aromatic heterocycles. The maximum Gasteiger partial charge on any atom is 0.193 e. The molecule has 0 N–H and O–H groups in total. The fourth-order valence-electron chi connectivity index (χ4n) is 4.40. The van der Waals surface area contributed by atoms with Gasteiger partial charge in [0.25, 0.3) is 0 Å². The van der Waals surface area contributed by atoms with E-state index in [0.717, 1.165) is 12.8 Å². The topological polar surface area (TPSA) is 0 Å². The third-order valence-electron chi connectivity index (χ3n) is 6.53. The largest absolute Gasteiger partial charge is 0.193 e. The molecule has 0 nitrogen and oxygen atoms in total. The average Bonchev–Trinajstić information content (AvgIpc) is 2.70. The van der Waals surface area contributed by atoms with Crippen molar-refractivity contribution in [3.63, 3.8) is 0 Å². The standard InChI is InChI=1S/C27H53Cl3/c1-3-5-7-9-11-12-13-14-15-16-17-18-19-21-23-25-26(27(28,29)30)24-22-20-10-8-6-4-2/h26H,3-25H2,1-2H3. The van der Waals surface area contributed by atoms with Crippen LogP contribution in [0.2, 0.25) is 0 Å². The van der Waals surface area contributed by atoms with Crippen molar-refractivity contribution in [2.24, 2.45) is 5.92 Å². The first-order valence-corrected chi connectivity index (χ1v) is 14.7. The van der Waals surface area contributed by atoms with Crippen LogP contribution in [0.25, 0.3) is 0 Å². The third kappa shape index (κ3) is 22.1. The van der Waals surface area contributed by atoms with Crippen molar-refractivity contribution in [3.8, 4) is 0 Å². The first-order chi connectivity index (χ1) is 14.5. The number of hydrogen-bond donors (Lipinski definition) is 0. The summed E-state index contributed by atoms with van der Waals surface area (Å²) < 4.78 is -1.08. The van der Waals surface area contributed by atoms with Crippen LogP contribution in [-0.2, 0) is 0 Å². The van der Waals surface area contributed by atoms with Gasteiger partial charge in [0.05, 0.1) is 0 Å². The molecule has 0 saturated heterocycles. The van der Waals surface area contributed by atoms with E-state index >= 15 is 0 Å². The SMILES string of the molecule is CCCCCCCCCCCCCCCCCC(CCCCCCCC)C(Cl)(Cl)Cl. The first-order valence-electron chi connectivity index (χ1n) is 13.6. The van der Waals surface area contributed by atoms with Crippen molar-refractivity contribution in [2.45, 2.75) is 165 Å². The number of hydrogen-bond acceptors (Lipinski definition) is 0. The summed E-state index contributed by atoms with van der Waals surface area (Å²) in [6.45, 7) is 4.55. The monoisotopic (exact) mass is 482 g/mol. The Kier molecular flexibility index (Phi) is 23.7. The van der Waals surface area contributed by atoms with Crippen molar-refractivity contribution in [3.05, 3.63) is 0 Å². The van der Waals surface area contributed by atoms with E-state index in [9.17, 15) is 0 Å². The predicted molar refractivity (Wildman–Crippen MR) is 141 cm³/mol. The molecule has 0 rings (SSSR count). The Morgan fingerprint density at radius 1 is 0.400 bits per heavy atom. The fourth-order valence-corrected chi connectivity index (χ4v) is 5.06. The van der Waals surface area contributed by atoms with Crippen molar-refractivity contribution in [1.82, 2.24) is 0 Å². The summed E-state index contributed by atoms with van der Waals surface area (Å²) in [5.74, 6) is 0.232. The fraction of sp³-hybridized carbons (Fsp3) is 1.00. The predicted octanol–water partition coefficient (Wildman–Crippen LogP) is 12.0. The van der Waals surface area contributed by atoms with E-state index in [2.05, 4.69) is 13.8 Å². The quantitative estimate of drug-likeness (QED) is 0.100. The third-order valence-corrected chi connectivity index (χ3v) is 7.45.